The normalized spacial score (nSPS) is 31.9. The van der Waals surface area contributed by atoms with Crippen molar-refractivity contribution >= 4 is 5.97 Å². The summed E-state index contributed by atoms with van der Waals surface area (Å²) in [5.41, 5.74) is 1.22. The van der Waals surface area contributed by atoms with Crippen LogP contribution in [0.1, 0.15) is 24.8 Å². The summed E-state index contributed by atoms with van der Waals surface area (Å²) in [5, 5.41) is 9.18. The van der Waals surface area contributed by atoms with Crippen LogP contribution in [-0.2, 0) is 11.3 Å². The lowest BCUT2D eigenvalue weighted by molar-refractivity contribution is -0.142. The quantitative estimate of drug-likeness (QED) is 0.858. The molecule has 2 aliphatic rings. The number of carboxylic acids is 1. The van der Waals surface area contributed by atoms with Crippen LogP contribution in [0.4, 0.5) is 0 Å². The van der Waals surface area contributed by atoms with Crippen LogP contribution in [0.2, 0.25) is 0 Å². The van der Waals surface area contributed by atoms with Crippen molar-refractivity contribution in [3.63, 3.8) is 0 Å². The average Bonchev–Trinajstić information content (AvgIpc) is 2.88. The Labute approximate surface area is 100 Å². The van der Waals surface area contributed by atoms with Crippen LogP contribution in [0.15, 0.2) is 24.5 Å². The smallest absolute Gasteiger partial charge is 0.308 e. The van der Waals surface area contributed by atoms with E-state index < -0.39 is 5.97 Å². The third-order valence-electron chi connectivity index (χ3n) is 4.11. The predicted molar refractivity (Wildman–Crippen MR) is 62.3 cm³/mol. The molecular weight excluding hydrogens is 216 g/mol. The van der Waals surface area contributed by atoms with Gasteiger partial charge in [0, 0.05) is 31.0 Å². The second-order valence-electron chi connectivity index (χ2n) is 5.01. The Kier molecular flexibility index (Phi) is 2.59. The summed E-state index contributed by atoms with van der Waals surface area (Å²) >= 11 is 0. The molecule has 3 unspecified atom stereocenters. The Morgan fingerprint density at radius 2 is 2.18 bits per heavy atom. The summed E-state index contributed by atoms with van der Waals surface area (Å²) in [6, 6.07) is 4.72. The topological polar surface area (TPSA) is 53.4 Å². The first-order valence-corrected chi connectivity index (χ1v) is 6.13. The van der Waals surface area contributed by atoms with E-state index in [1.54, 1.807) is 12.4 Å². The van der Waals surface area contributed by atoms with Crippen molar-refractivity contribution in [1.82, 2.24) is 9.88 Å². The summed E-state index contributed by atoms with van der Waals surface area (Å²) in [6.07, 6.45) is 6.60. The average molecular weight is 232 g/mol. The fourth-order valence-electron chi connectivity index (χ4n) is 3.31. The summed E-state index contributed by atoms with van der Waals surface area (Å²) < 4.78 is 0. The van der Waals surface area contributed by atoms with Gasteiger partial charge in [0.25, 0.3) is 0 Å². The van der Waals surface area contributed by atoms with Crippen LogP contribution >= 0.6 is 0 Å². The zero-order valence-electron chi connectivity index (χ0n) is 9.62. The monoisotopic (exact) mass is 232 g/mol. The van der Waals surface area contributed by atoms with Gasteiger partial charge >= 0.3 is 5.97 Å². The zero-order chi connectivity index (χ0) is 11.8. The third kappa shape index (κ3) is 1.82. The molecule has 1 aromatic rings. The Morgan fingerprint density at radius 3 is 2.82 bits per heavy atom. The second kappa shape index (κ2) is 4.11. The number of nitrogens with zero attached hydrogens (tertiary/aromatic N) is 2. The molecule has 1 N–H and O–H groups in total. The highest BCUT2D eigenvalue weighted by atomic mass is 16.4. The minimum Gasteiger partial charge on any atom is -0.481 e. The highest BCUT2D eigenvalue weighted by molar-refractivity contribution is 5.71. The van der Waals surface area contributed by atoms with E-state index in [9.17, 15) is 9.90 Å². The molecule has 2 saturated heterocycles. The molecular formula is C13H16N2O2. The lowest BCUT2D eigenvalue weighted by Crippen LogP contribution is -2.32. The maximum absolute atomic E-state index is 11.2. The number of aliphatic carboxylic acids is 1. The van der Waals surface area contributed by atoms with Gasteiger partial charge in [0.15, 0.2) is 0 Å². The van der Waals surface area contributed by atoms with Crippen LogP contribution in [0.5, 0.6) is 0 Å². The van der Waals surface area contributed by atoms with Crippen molar-refractivity contribution in [1.29, 1.82) is 0 Å². The van der Waals surface area contributed by atoms with Gasteiger partial charge in [-0.3, -0.25) is 14.7 Å². The molecule has 0 aromatic carbocycles. The molecule has 3 heterocycles. The number of carboxylic acid groups (broad SMARTS) is 1. The summed E-state index contributed by atoms with van der Waals surface area (Å²) in [6.45, 7) is 0.863. The van der Waals surface area contributed by atoms with Crippen LogP contribution in [0.25, 0.3) is 0 Å². The second-order valence-corrected chi connectivity index (χ2v) is 5.01. The van der Waals surface area contributed by atoms with E-state index >= 15 is 0 Å². The number of hydrogen-bond donors (Lipinski definition) is 1. The number of hydrogen-bond acceptors (Lipinski definition) is 3. The molecule has 1 aromatic heterocycles. The number of aromatic nitrogens is 1. The van der Waals surface area contributed by atoms with E-state index in [1.165, 1.54) is 5.56 Å². The highest BCUT2D eigenvalue weighted by Gasteiger charge is 2.48. The maximum Gasteiger partial charge on any atom is 0.308 e. The molecule has 2 bridgehead atoms. The lowest BCUT2D eigenvalue weighted by Gasteiger charge is -2.22. The zero-order valence-corrected chi connectivity index (χ0v) is 9.62. The Morgan fingerprint density at radius 1 is 1.41 bits per heavy atom. The molecule has 0 aliphatic carbocycles. The Bertz CT molecular complexity index is 421. The number of carbonyl (C=O) groups is 1. The van der Waals surface area contributed by atoms with Gasteiger partial charge in [0.1, 0.15) is 0 Å². The van der Waals surface area contributed by atoms with Gasteiger partial charge in [0.2, 0.25) is 0 Å². The van der Waals surface area contributed by atoms with Gasteiger partial charge in [-0.2, -0.15) is 0 Å². The van der Waals surface area contributed by atoms with Crippen molar-refractivity contribution in [2.45, 2.75) is 37.9 Å². The van der Waals surface area contributed by atoms with E-state index in [0.29, 0.717) is 6.04 Å². The summed E-state index contributed by atoms with van der Waals surface area (Å²) in [5.74, 6) is -0.785. The van der Waals surface area contributed by atoms with E-state index in [-0.39, 0.29) is 12.0 Å². The van der Waals surface area contributed by atoms with Crippen LogP contribution in [0.3, 0.4) is 0 Å². The Balaban J connectivity index is 1.75. The van der Waals surface area contributed by atoms with E-state index in [0.717, 1.165) is 25.8 Å². The largest absolute Gasteiger partial charge is 0.481 e. The number of rotatable bonds is 3. The predicted octanol–water partition coefficient (Wildman–Crippen LogP) is 1.52. The maximum atomic E-state index is 11.2. The van der Waals surface area contributed by atoms with Gasteiger partial charge in [-0.05, 0) is 37.0 Å². The van der Waals surface area contributed by atoms with Crippen LogP contribution < -0.4 is 0 Å². The molecule has 17 heavy (non-hydrogen) atoms. The van der Waals surface area contributed by atoms with E-state index in [1.807, 2.05) is 12.1 Å². The van der Waals surface area contributed by atoms with Crippen molar-refractivity contribution < 1.29 is 9.90 Å². The molecule has 90 valence electrons. The lowest BCUT2D eigenvalue weighted by atomic mass is 9.89. The molecule has 0 amide bonds. The first-order valence-electron chi connectivity index (χ1n) is 6.13. The van der Waals surface area contributed by atoms with Gasteiger partial charge in [-0.15, -0.1) is 0 Å². The molecule has 0 spiro atoms. The van der Waals surface area contributed by atoms with Gasteiger partial charge in [-0.1, -0.05) is 0 Å². The fraction of sp³-hybridized carbons (Fsp3) is 0.538. The van der Waals surface area contributed by atoms with Crippen molar-refractivity contribution in [3.8, 4) is 0 Å². The first kappa shape index (κ1) is 10.7. The minimum atomic E-state index is -0.628. The van der Waals surface area contributed by atoms with Crippen molar-refractivity contribution in [3.05, 3.63) is 30.1 Å². The number of fused-ring (bicyclic) bond motifs is 2. The van der Waals surface area contributed by atoms with Crippen molar-refractivity contribution in [2.24, 2.45) is 5.92 Å². The van der Waals surface area contributed by atoms with Gasteiger partial charge in [-0.25, -0.2) is 0 Å². The first-order chi connectivity index (χ1) is 8.25. The standard InChI is InChI=1S/C13H16N2O2/c16-13(17)11-7-10-1-2-12(11)15(10)8-9-3-5-14-6-4-9/h3-6,10-12H,1-2,7-8H2,(H,16,17). The molecule has 0 radical (unpaired) electrons. The minimum absolute atomic E-state index is 0.157. The number of pyridine rings is 1. The molecule has 2 fully saturated rings. The molecule has 4 heteroatoms. The fourth-order valence-corrected chi connectivity index (χ4v) is 3.31. The van der Waals surface area contributed by atoms with E-state index in [4.69, 9.17) is 0 Å². The summed E-state index contributed by atoms with van der Waals surface area (Å²) in [7, 11) is 0. The van der Waals surface area contributed by atoms with Gasteiger partial charge in [0.05, 0.1) is 5.92 Å². The third-order valence-corrected chi connectivity index (χ3v) is 4.11. The SMILES string of the molecule is O=C(O)C1CC2CCC1N2Cc1ccncc1. The van der Waals surface area contributed by atoms with Crippen LogP contribution in [0, 0.1) is 5.92 Å². The van der Waals surface area contributed by atoms with Crippen LogP contribution in [-0.4, -0.2) is 33.0 Å². The van der Waals surface area contributed by atoms with E-state index in [2.05, 4.69) is 9.88 Å². The van der Waals surface area contributed by atoms with Gasteiger partial charge < -0.3 is 5.11 Å². The molecule has 0 saturated carbocycles. The summed E-state index contributed by atoms with van der Waals surface area (Å²) in [4.78, 5) is 17.5. The molecule has 3 atom stereocenters. The van der Waals surface area contributed by atoms with Crippen molar-refractivity contribution in [2.75, 3.05) is 0 Å². The highest BCUT2D eigenvalue weighted by Crippen LogP contribution is 2.42. The molecule has 2 aliphatic heterocycles. The Hall–Kier alpha value is -1.42. The molecule has 3 rings (SSSR count). The molecule has 4 nitrogen and oxygen atoms in total.